The van der Waals surface area contributed by atoms with Gasteiger partial charge in [-0.05, 0) is 47.5 Å². The average molecular weight is 523 g/mol. The van der Waals surface area contributed by atoms with Crippen molar-refractivity contribution in [3.8, 4) is 5.75 Å². The van der Waals surface area contributed by atoms with Crippen molar-refractivity contribution in [3.63, 3.8) is 0 Å². The van der Waals surface area contributed by atoms with E-state index < -0.39 is 24.0 Å². The van der Waals surface area contributed by atoms with Crippen LogP contribution in [0.25, 0.3) is 0 Å². The summed E-state index contributed by atoms with van der Waals surface area (Å²) in [5.41, 5.74) is 8.28. The van der Waals surface area contributed by atoms with E-state index in [4.69, 9.17) is 22.1 Å². The summed E-state index contributed by atoms with van der Waals surface area (Å²) in [5, 5.41) is 5.88. The fourth-order valence-electron chi connectivity index (χ4n) is 4.02. The Balaban J connectivity index is 1.55. The van der Waals surface area contributed by atoms with E-state index >= 15 is 0 Å². The zero-order chi connectivity index (χ0) is 26.4. The number of hydrogen-bond donors (Lipinski definition) is 3. The fraction of sp³-hybridized carbons (Fsp3) is 0.231. The summed E-state index contributed by atoms with van der Waals surface area (Å²) in [6.07, 6.45) is 0.178. The summed E-state index contributed by atoms with van der Waals surface area (Å²) in [7, 11) is 1.55. The summed E-state index contributed by atoms with van der Waals surface area (Å²) >= 11 is 5.86. The molecule has 0 aliphatic carbocycles. The van der Waals surface area contributed by atoms with Gasteiger partial charge >= 0.3 is 6.03 Å². The smallest absolute Gasteiger partial charge is 0.323 e. The second kappa shape index (κ2) is 11.7. The Labute approximate surface area is 219 Å². The largest absolute Gasteiger partial charge is 0.497 e. The van der Waals surface area contributed by atoms with E-state index in [0.717, 1.165) is 11.1 Å². The van der Waals surface area contributed by atoms with Crippen molar-refractivity contribution in [1.29, 1.82) is 0 Å². The predicted octanol–water partition coefficient (Wildman–Crippen LogP) is 2.83. The van der Waals surface area contributed by atoms with Crippen molar-refractivity contribution < 1.29 is 19.1 Å². The molecular weight excluding hydrogens is 496 g/mol. The molecule has 10 nitrogen and oxygen atoms in total. The summed E-state index contributed by atoms with van der Waals surface area (Å²) in [5.74, 6) is -0.284. The lowest BCUT2D eigenvalue weighted by Crippen LogP contribution is -2.54. The lowest BCUT2D eigenvalue weighted by Gasteiger charge is -2.29. The minimum atomic E-state index is -1.17. The second-order valence-corrected chi connectivity index (χ2v) is 8.72. The molecule has 4 amide bonds. The molecule has 1 saturated heterocycles. The topological polar surface area (TPSA) is 130 Å². The molecule has 192 valence electrons. The van der Waals surface area contributed by atoms with Gasteiger partial charge in [0, 0.05) is 38.1 Å². The number of anilines is 1. The molecule has 11 heteroatoms. The molecule has 2 aromatic carbocycles. The van der Waals surface area contributed by atoms with Gasteiger partial charge in [-0.1, -0.05) is 35.9 Å². The number of benzene rings is 2. The van der Waals surface area contributed by atoms with E-state index in [0.29, 0.717) is 18.0 Å². The standard InChI is InChI=1S/C26H27ClN6O4/c1-37-21-8-6-20(7-9-21)31-26(36)33-12-11-32(25(35)19-5-10-22(27)29-16-19)24(33)23(34)30-15-18-4-2-3-17(13-18)14-28/h2-10,13,16,24H,11-12,14-15,28H2,1H3,(H,30,34)(H,31,36). The van der Waals surface area contributed by atoms with Gasteiger partial charge in [0.05, 0.1) is 12.7 Å². The number of carbonyl (C=O) groups excluding carboxylic acids is 3. The number of ether oxygens (including phenoxy) is 1. The molecule has 0 bridgehead atoms. The van der Waals surface area contributed by atoms with Gasteiger partial charge in [-0.3, -0.25) is 14.5 Å². The van der Waals surface area contributed by atoms with Gasteiger partial charge in [0.2, 0.25) is 0 Å². The van der Waals surface area contributed by atoms with E-state index in [1.807, 2.05) is 24.3 Å². The third-order valence-electron chi connectivity index (χ3n) is 5.94. The SMILES string of the molecule is COc1ccc(NC(=O)N2CCN(C(=O)c3ccc(Cl)nc3)C2C(=O)NCc2cccc(CN)c2)cc1. The molecule has 37 heavy (non-hydrogen) atoms. The zero-order valence-corrected chi connectivity index (χ0v) is 20.9. The summed E-state index contributed by atoms with van der Waals surface area (Å²) in [4.78, 5) is 46.6. The van der Waals surface area contributed by atoms with E-state index in [-0.39, 0.29) is 30.4 Å². The Morgan fingerprint density at radius 2 is 1.78 bits per heavy atom. The maximum absolute atomic E-state index is 13.4. The van der Waals surface area contributed by atoms with Gasteiger partial charge in [0.25, 0.3) is 11.8 Å². The van der Waals surface area contributed by atoms with Crippen molar-refractivity contribution in [2.75, 3.05) is 25.5 Å². The molecule has 4 rings (SSSR count). The molecule has 1 fully saturated rings. The molecule has 4 N–H and O–H groups in total. The number of nitrogens with two attached hydrogens (primary N) is 1. The van der Waals surface area contributed by atoms with Gasteiger partial charge in [-0.2, -0.15) is 0 Å². The molecule has 3 aromatic rings. The van der Waals surface area contributed by atoms with Crippen LogP contribution < -0.4 is 21.1 Å². The number of methoxy groups -OCH3 is 1. The number of rotatable bonds is 7. The molecule has 0 spiro atoms. The monoisotopic (exact) mass is 522 g/mol. The van der Waals surface area contributed by atoms with Crippen LogP contribution in [-0.4, -0.2) is 59.0 Å². The Bertz CT molecular complexity index is 1270. The summed E-state index contributed by atoms with van der Waals surface area (Å²) in [6, 6.07) is 16.8. The minimum absolute atomic E-state index is 0.162. The first kappa shape index (κ1) is 25.9. The third-order valence-corrected chi connectivity index (χ3v) is 6.16. The van der Waals surface area contributed by atoms with Gasteiger partial charge in [-0.15, -0.1) is 0 Å². The maximum atomic E-state index is 13.4. The Kier molecular flexibility index (Phi) is 8.22. The van der Waals surface area contributed by atoms with Crippen LogP contribution in [0.15, 0.2) is 66.9 Å². The quantitative estimate of drug-likeness (QED) is 0.409. The highest BCUT2D eigenvalue weighted by Crippen LogP contribution is 2.22. The van der Waals surface area contributed by atoms with Gasteiger partial charge in [0.15, 0.2) is 6.17 Å². The van der Waals surface area contributed by atoms with Crippen molar-refractivity contribution in [2.24, 2.45) is 5.73 Å². The number of hydrogen-bond acceptors (Lipinski definition) is 6. The molecule has 1 atom stereocenters. The fourth-order valence-corrected chi connectivity index (χ4v) is 4.13. The normalized spacial score (nSPS) is 14.8. The van der Waals surface area contributed by atoms with Gasteiger partial charge in [0.1, 0.15) is 10.9 Å². The van der Waals surface area contributed by atoms with Crippen molar-refractivity contribution in [3.05, 3.63) is 88.7 Å². The first-order valence-corrected chi connectivity index (χ1v) is 12.0. The number of nitrogens with zero attached hydrogens (tertiary/aromatic N) is 3. The third kappa shape index (κ3) is 6.16. The molecule has 0 saturated carbocycles. The highest BCUT2D eigenvalue weighted by atomic mass is 35.5. The predicted molar refractivity (Wildman–Crippen MR) is 139 cm³/mol. The van der Waals surface area contributed by atoms with Crippen LogP contribution in [0.1, 0.15) is 21.5 Å². The Hall–Kier alpha value is -4.15. The number of pyridine rings is 1. The van der Waals surface area contributed by atoms with Crippen LogP contribution in [0.2, 0.25) is 5.15 Å². The molecule has 0 radical (unpaired) electrons. The van der Waals surface area contributed by atoms with E-state index in [2.05, 4.69) is 15.6 Å². The van der Waals surface area contributed by atoms with E-state index in [1.165, 1.54) is 28.1 Å². The molecule has 2 heterocycles. The van der Waals surface area contributed by atoms with E-state index in [1.54, 1.807) is 31.4 Å². The molecule has 1 aromatic heterocycles. The van der Waals surface area contributed by atoms with Gasteiger partial charge in [-0.25, -0.2) is 9.78 Å². The molecule has 1 unspecified atom stereocenters. The average Bonchev–Trinajstić information content (AvgIpc) is 3.38. The van der Waals surface area contributed by atoms with Crippen molar-refractivity contribution >= 4 is 35.1 Å². The minimum Gasteiger partial charge on any atom is -0.497 e. The summed E-state index contributed by atoms with van der Waals surface area (Å²) < 4.78 is 5.15. The molecule has 1 aliphatic heterocycles. The lowest BCUT2D eigenvalue weighted by molar-refractivity contribution is -0.128. The zero-order valence-electron chi connectivity index (χ0n) is 20.2. The number of halogens is 1. The first-order valence-electron chi connectivity index (χ1n) is 11.6. The van der Waals surface area contributed by atoms with Crippen molar-refractivity contribution in [2.45, 2.75) is 19.3 Å². The number of nitrogens with one attached hydrogen (secondary N) is 2. The van der Waals surface area contributed by atoms with Crippen LogP contribution in [-0.2, 0) is 17.9 Å². The maximum Gasteiger partial charge on any atom is 0.323 e. The number of urea groups is 1. The molecule has 1 aliphatic rings. The van der Waals surface area contributed by atoms with Crippen LogP contribution in [0, 0.1) is 0 Å². The highest BCUT2D eigenvalue weighted by molar-refractivity contribution is 6.29. The van der Waals surface area contributed by atoms with E-state index in [9.17, 15) is 14.4 Å². The van der Waals surface area contributed by atoms with Crippen LogP contribution in [0.3, 0.4) is 0 Å². The first-order chi connectivity index (χ1) is 17.9. The Morgan fingerprint density at radius 1 is 1.05 bits per heavy atom. The van der Waals surface area contributed by atoms with Crippen LogP contribution in [0.5, 0.6) is 5.75 Å². The highest BCUT2D eigenvalue weighted by Gasteiger charge is 2.43. The second-order valence-electron chi connectivity index (χ2n) is 8.34. The summed E-state index contributed by atoms with van der Waals surface area (Å²) in [6.45, 7) is 0.913. The number of carbonyl (C=O) groups is 3. The van der Waals surface area contributed by atoms with Crippen LogP contribution >= 0.6 is 11.6 Å². The number of aromatic nitrogens is 1. The van der Waals surface area contributed by atoms with Crippen molar-refractivity contribution in [1.82, 2.24) is 20.1 Å². The lowest BCUT2D eigenvalue weighted by atomic mass is 10.1. The van der Waals surface area contributed by atoms with Gasteiger partial charge < -0.3 is 26.0 Å². The van der Waals surface area contributed by atoms with Crippen LogP contribution in [0.4, 0.5) is 10.5 Å². The molecular formula is C26H27ClN6O4. The number of amides is 4. The Morgan fingerprint density at radius 3 is 2.46 bits per heavy atom.